The molecule has 0 aliphatic rings. The van der Waals surface area contributed by atoms with Gasteiger partial charge in [-0.25, -0.2) is 0 Å². The van der Waals surface area contributed by atoms with Gasteiger partial charge in [0.1, 0.15) is 0 Å². The molecule has 134 valence electrons. The van der Waals surface area contributed by atoms with E-state index in [1.165, 1.54) is 0 Å². The summed E-state index contributed by atoms with van der Waals surface area (Å²) in [6.45, 7) is 8.13. The molecule has 0 aromatic heterocycles. The molecule has 0 saturated carbocycles. The molecule has 0 saturated heterocycles. The molecular weight excluding hydrogens is 302 g/mol. The first kappa shape index (κ1) is 20.2. The molecule has 2 amide bonds. The molecule has 0 aliphatic heterocycles. The molecular formula is C19H31N3O2. The van der Waals surface area contributed by atoms with Crippen LogP contribution in [0.2, 0.25) is 0 Å². The van der Waals surface area contributed by atoms with Crippen LogP contribution in [0.3, 0.4) is 0 Å². The summed E-state index contributed by atoms with van der Waals surface area (Å²) < 4.78 is 0. The van der Waals surface area contributed by atoms with Crippen molar-refractivity contribution in [3.8, 4) is 0 Å². The van der Waals surface area contributed by atoms with E-state index in [4.69, 9.17) is 0 Å². The van der Waals surface area contributed by atoms with Crippen molar-refractivity contribution in [3.63, 3.8) is 0 Å². The second-order valence-electron chi connectivity index (χ2n) is 6.66. The summed E-state index contributed by atoms with van der Waals surface area (Å²) in [7, 11) is 3.95. The lowest BCUT2D eigenvalue weighted by atomic mass is 10.1. The van der Waals surface area contributed by atoms with Gasteiger partial charge in [-0.2, -0.15) is 0 Å². The zero-order chi connectivity index (χ0) is 18.1. The molecule has 0 atom stereocenters. The molecule has 0 unspecified atom stereocenters. The summed E-state index contributed by atoms with van der Waals surface area (Å²) in [4.78, 5) is 30.0. The van der Waals surface area contributed by atoms with Crippen LogP contribution in [0.4, 0.5) is 0 Å². The van der Waals surface area contributed by atoms with Crippen molar-refractivity contribution in [1.29, 1.82) is 0 Å². The van der Waals surface area contributed by atoms with Crippen LogP contribution in [0, 0.1) is 0 Å². The van der Waals surface area contributed by atoms with Gasteiger partial charge >= 0.3 is 0 Å². The average molecular weight is 333 g/mol. The van der Waals surface area contributed by atoms with Gasteiger partial charge in [-0.1, -0.05) is 30.3 Å². The zero-order valence-electron chi connectivity index (χ0n) is 15.7. The van der Waals surface area contributed by atoms with Gasteiger partial charge < -0.3 is 14.7 Å². The lowest BCUT2D eigenvalue weighted by Crippen LogP contribution is -2.41. The SMILES string of the molecule is CC(=O)N(CCC(=O)N(Cc1ccccc1)C(C)C)CCN(C)C. The van der Waals surface area contributed by atoms with Crippen LogP contribution in [-0.4, -0.2) is 66.3 Å². The Labute approximate surface area is 146 Å². The topological polar surface area (TPSA) is 43.9 Å². The monoisotopic (exact) mass is 333 g/mol. The number of carbonyl (C=O) groups excluding carboxylic acids is 2. The van der Waals surface area contributed by atoms with Gasteiger partial charge in [-0.3, -0.25) is 9.59 Å². The van der Waals surface area contributed by atoms with Crippen LogP contribution in [0.15, 0.2) is 30.3 Å². The second kappa shape index (κ2) is 10.1. The highest BCUT2D eigenvalue weighted by atomic mass is 16.2. The molecule has 24 heavy (non-hydrogen) atoms. The van der Waals surface area contributed by atoms with Gasteiger partial charge in [0.25, 0.3) is 0 Å². The summed E-state index contributed by atoms with van der Waals surface area (Å²) in [5, 5.41) is 0. The number of amides is 2. The normalized spacial score (nSPS) is 11.0. The number of hydrogen-bond donors (Lipinski definition) is 0. The van der Waals surface area contributed by atoms with E-state index in [2.05, 4.69) is 0 Å². The molecule has 0 fully saturated rings. The third kappa shape index (κ3) is 7.13. The van der Waals surface area contributed by atoms with Gasteiger partial charge in [0.05, 0.1) is 0 Å². The summed E-state index contributed by atoms with van der Waals surface area (Å²) in [6, 6.07) is 10.1. The summed E-state index contributed by atoms with van der Waals surface area (Å²) >= 11 is 0. The highest BCUT2D eigenvalue weighted by Crippen LogP contribution is 2.10. The minimum Gasteiger partial charge on any atom is -0.341 e. The number of rotatable bonds is 9. The fourth-order valence-electron chi connectivity index (χ4n) is 2.46. The average Bonchev–Trinajstić information content (AvgIpc) is 2.52. The lowest BCUT2D eigenvalue weighted by Gasteiger charge is -2.29. The van der Waals surface area contributed by atoms with Gasteiger partial charge in [0.15, 0.2) is 0 Å². The molecule has 0 N–H and O–H groups in total. The Balaban J connectivity index is 2.62. The Morgan fingerprint density at radius 1 is 1.00 bits per heavy atom. The van der Waals surface area contributed by atoms with Crippen LogP contribution in [-0.2, 0) is 16.1 Å². The number of likely N-dealkylation sites (N-methyl/N-ethyl adjacent to an activating group) is 1. The lowest BCUT2D eigenvalue weighted by molar-refractivity contribution is -0.135. The maximum atomic E-state index is 12.6. The minimum atomic E-state index is 0.0174. The predicted molar refractivity (Wildman–Crippen MR) is 97.6 cm³/mol. The first-order valence-corrected chi connectivity index (χ1v) is 8.55. The molecule has 1 aromatic carbocycles. The molecule has 0 radical (unpaired) electrons. The molecule has 1 rings (SSSR count). The molecule has 0 spiro atoms. The third-order valence-corrected chi connectivity index (χ3v) is 4.00. The van der Waals surface area contributed by atoms with E-state index in [0.29, 0.717) is 26.1 Å². The zero-order valence-corrected chi connectivity index (χ0v) is 15.7. The van der Waals surface area contributed by atoms with Crippen molar-refractivity contribution in [2.45, 2.75) is 39.8 Å². The number of hydrogen-bond acceptors (Lipinski definition) is 3. The highest BCUT2D eigenvalue weighted by Gasteiger charge is 2.19. The van der Waals surface area contributed by atoms with Crippen LogP contribution < -0.4 is 0 Å². The number of carbonyl (C=O) groups is 2. The molecule has 5 heteroatoms. The Morgan fingerprint density at radius 2 is 1.62 bits per heavy atom. The second-order valence-corrected chi connectivity index (χ2v) is 6.66. The van der Waals surface area contributed by atoms with E-state index in [1.807, 2.05) is 68.1 Å². The van der Waals surface area contributed by atoms with Crippen molar-refractivity contribution in [1.82, 2.24) is 14.7 Å². The molecule has 5 nitrogen and oxygen atoms in total. The van der Waals surface area contributed by atoms with E-state index >= 15 is 0 Å². The molecule has 0 heterocycles. The standard InChI is InChI=1S/C19H31N3O2/c1-16(2)22(15-18-9-7-6-8-10-18)19(24)11-12-21(17(3)23)14-13-20(4)5/h6-10,16H,11-15H2,1-5H3. The predicted octanol–water partition coefficient (Wildman–Crippen LogP) is 2.22. The highest BCUT2D eigenvalue weighted by molar-refractivity contribution is 5.78. The first-order chi connectivity index (χ1) is 11.3. The smallest absolute Gasteiger partial charge is 0.224 e. The van der Waals surface area contributed by atoms with Crippen molar-refractivity contribution < 1.29 is 9.59 Å². The molecule has 0 bridgehead atoms. The molecule has 1 aromatic rings. The quantitative estimate of drug-likeness (QED) is 0.696. The Hall–Kier alpha value is -1.88. The van der Waals surface area contributed by atoms with Crippen molar-refractivity contribution >= 4 is 11.8 Å². The fraction of sp³-hybridized carbons (Fsp3) is 0.579. The van der Waals surface area contributed by atoms with E-state index in [0.717, 1.165) is 12.1 Å². The van der Waals surface area contributed by atoms with Crippen molar-refractivity contribution in [3.05, 3.63) is 35.9 Å². The van der Waals surface area contributed by atoms with Crippen LogP contribution in [0.5, 0.6) is 0 Å². The fourth-order valence-corrected chi connectivity index (χ4v) is 2.46. The molecule has 0 aliphatic carbocycles. The minimum absolute atomic E-state index is 0.0174. The van der Waals surface area contributed by atoms with Crippen LogP contribution in [0.1, 0.15) is 32.8 Å². The van der Waals surface area contributed by atoms with Gasteiger partial charge in [-0.05, 0) is 33.5 Å². The Morgan fingerprint density at radius 3 is 2.12 bits per heavy atom. The summed E-state index contributed by atoms with van der Waals surface area (Å²) in [5.74, 6) is 0.105. The first-order valence-electron chi connectivity index (χ1n) is 8.55. The van der Waals surface area contributed by atoms with Crippen molar-refractivity contribution in [2.24, 2.45) is 0 Å². The largest absolute Gasteiger partial charge is 0.341 e. The summed E-state index contributed by atoms with van der Waals surface area (Å²) in [6.07, 6.45) is 0.359. The maximum Gasteiger partial charge on any atom is 0.224 e. The van der Waals surface area contributed by atoms with Gasteiger partial charge in [0.2, 0.25) is 11.8 Å². The number of nitrogens with zero attached hydrogens (tertiary/aromatic N) is 3. The number of benzene rings is 1. The van der Waals surface area contributed by atoms with Gasteiger partial charge in [-0.15, -0.1) is 0 Å². The van der Waals surface area contributed by atoms with E-state index in [-0.39, 0.29) is 17.9 Å². The van der Waals surface area contributed by atoms with E-state index < -0.39 is 0 Å². The maximum absolute atomic E-state index is 12.6. The van der Waals surface area contributed by atoms with E-state index in [1.54, 1.807) is 11.8 Å². The Bertz CT molecular complexity index is 515. The van der Waals surface area contributed by atoms with Gasteiger partial charge in [0, 0.05) is 45.6 Å². The van der Waals surface area contributed by atoms with E-state index in [9.17, 15) is 9.59 Å². The third-order valence-electron chi connectivity index (χ3n) is 4.00. The Kier molecular flexibility index (Phi) is 8.47. The van der Waals surface area contributed by atoms with Crippen molar-refractivity contribution in [2.75, 3.05) is 33.7 Å². The summed E-state index contributed by atoms with van der Waals surface area (Å²) in [5.41, 5.74) is 1.12. The van der Waals surface area contributed by atoms with Crippen LogP contribution in [0.25, 0.3) is 0 Å². The van der Waals surface area contributed by atoms with Crippen LogP contribution >= 0.6 is 0 Å².